The van der Waals surface area contributed by atoms with Crippen LogP contribution in [0.3, 0.4) is 0 Å². The Labute approximate surface area is 166 Å². The third kappa shape index (κ3) is 4.85. The Bertz CT molecular complexity index is 873. The van der Waals surface area contributed by atoms with Crippen LogP contribution in [0.15, 0.2) is 18.2 Å². The highest BCUT2D eigenvalue weighted by Crippen LogP contribution is 2.32. The summed E-state index contributed by atoms with van der Waals surface area (Å²) in [5.41, 5.74) is 12.1. The quantitative estimate of drug-likeness (QED) is 0.492. The second-order valence-corrected chi connectivity index (χ2v) is 7.50. The number of nitrogens with two attached hydrogens (primary N) is 2. The minimum atomic E-state index is -0.556. The van der Waals surface area contributed by atoms with Crippen molar-refractivity contribution in [3.8, 4) is 0 Å². The first-order valence-electron chi connectivity index (χ1n) is 9.07. The Morgan fingerprint density at radius 2 is 2.00 bits per heavy atom. The summed E-state index contributed by atoms with van der Waals surface area (Å²) in [6, 6.07) is 4.40. The Hall–Kier alpha value is -2.52. The fourth-order valence-electron chi connectivity index (χ4n) is 3.46. The van der Waals surface area contributed by atoms with Crippen LogP contribution in [0.2, 0.25) is 5.02 Å². The van der Waals surface area contributed by atoms with E-state index >= 15 is 0 Å². The monoisotopic (exact) mass is 408 g/mol. The molecule has 0 bridgehead atoms. The van der Waals surface area contributed by atoms with Gasteiger partial charge in [-0.2, -0.15) is 4.98 Å². The van der Waals surface area contributed by atoms with Gasteiger partial charge in [0, 0.05) is 23.2 Å². The number of aromatic nitrogens is 2. The number of nitro groups is 1. The lowest BCUT2D eigenvalue weighted by atomic mass is 9.83. The molecule has 0 unspecified atom stereocenters. The Morgan fingerprint density at radius 3 is 2.68 bits per heavy atom. The molecule has 2 aromatic rings. The molecular formula is C18H22ClFN6O2. The molecule has 0 radical (unpaired) electrons. The summed E-state index contributed by atoms with van der Waals surface area (Å²) in [5, 5.41) is 14.7. The van der Waals surface area contributed by atoms with E-state index in [0.717, 1.165) is 25.7 Å². The van der Waals surface area contributed by atoms with Gasteiger partial charge in [0.05, 0.1) is 4.92 Å². The van der Waals surface area contributed by atoms with E-state index in [0.29, 0.717) is 17.0 Å². The molecule has 8 nitrogen and oxygen atoms in total. The number of benzene rings is 1. The highest BCUT2D eigenvalue weighted by atomic mass is 35.5. The van der Waals surface area contributed by atoms with E-state index in [1.165, 1.54) is 18.2 Å². The molecule has 0 saturated heterocycles. The fraction of sp³-hybridized carbons (Fsp3) is 0.444. The van der Waals surface area contributed by atoms with E-state index in [-0.39, 0.29) is 41.7 Å². The predicted molar refractivity (Wildman–Crippen MR) is 105 cm³/mol. The van der Waals surface area contributed by atoms with Crippen molar-refractivity contribution in [3.05, 3.63) is 50.4 Å². The summed E-state index contributed by atoms with van der Waals surface area (Å²) >= 11 is 5.89. The molecule has 150 valence electrons. The molecule has 28 heavy (non-hydrogen) atoms. The lowest BCUT2D eigenvalue weighted by molar-refractivity contribution is -0.385. The van der Waals surface area contributed by atoms with Crippen molar-refractivity contribution >= 4 is 29.1 Å². The average molecular weight is 409 g/mol. The van der Waals surface area contributed by atoms with Crippen molar-refractivity contribution in [3.63, 3.8) is 0 Å². The number of hydrogen-bond acceptors (Lipinski definition) is 7. The maximum Gasteiger partial charge on any atom is 0.332 e. The summed E-state index contributed by atoms with van der Waals surface area (Å²) in [6.45, 7) is 0.0708. The first kappa shape index (κ1) is 20.2. The van der Waals surface area contributed by atoms with E-state index in [1.807, 2.05) is 0 Å². The number of halogens is 2. The number of anilines is 2. The van der Waals surface area contributed by atoms with Crippen molar-refractivity contribution in [2.45, 2.75) is 44.7 Å². The SMILES string of the molecule is Nc1nc(NCc2cc(Cl)ccc2F)nc(C[C@H]2CC[C@H](N)CC2)c1[N+](=O)[O-]. The van der Waals surface area contributed by atoms with Crippen LogP contribution in [0.25, 0.3) is 0 Å². The average Bonchev–Trinajstić information content (AvgIpc) is 2.63. The van der Waals surface area contributed by atoms with Crippen LogP contribution in [0.1, 0.15) is 36.9 Å². The smallest absolute Gasteiger partial charge is 0.332 e. The van der Waals surface area contributed by atoms with Crippen LogP contribution in [-0.4, -0.2) is 20.9 Å². The standard InChI is InChI=1S/C18H22ClFN6O2/c19-12-3-6-14(20)11(8-12)9-23-18-24-15(16(26(27)28)17(22)25-18)7-10-1-4-13(21)5-2-10/h3,6,8,10,13H,1-2,4-5,7,9,21H2,(H3,22,23,24,25)/t10-,13-. The van der Waals surface area contributed by atoms with E-state index in [4.69, 9.17) is 23.1 Å². The van der Waals surface area contributed by atoms with Crippen molar-refractivity contribution in [2.75, 3.05) is 11.1 Å². The first-order valence-corrected chi connectivity index (χ1v) is 9.45. The maximum atomic E-state index is 13.9. The summed E-state index contributed by atoms with van der Waals surface area (Å²) < 4.78 is 13.9. The molecule has 5 N–H and O–H groups in total. The molecular weight excluding hydrogens is 387 g/mol. The molecule has 0 atom stereocenters. The van der Waals surface area contributed by atoms with Gasteiger partial charge in [0.1, 0.15) is 11.5 Å². The third-order valence-electron chi connectivity index (χ3n) is 4.98. The van der Waals surface area contributed by atoms with Crippen LogP contribution in [-0.2, 0) is 13.0 Å². The summed E-state index contributed by atoms with van der Waals surface area (Å²) in [6.07, 6.45) is 3.98. The van der Waals surface area contributed by atoms with Gasteiger partial charge in [-0.3, -0.25) is 10.1 Å². The van der Waals surface area contributed by atoms with Gasteiger partial charge in [0.15, 0.2) is 0 Å². The molecule has 3 rings (SSSR count). The van der Waals surface area contributed by atoms with Crippen LogP contribution in [0, 0.1) is 21.8 Å². The molecule has 1 aliphatic rings. The molecule has 1 aromatic heterocycles. The second kappa shape index (κ2) is 8.66. The molecule has 10 heteroatoms. The largest absolute Gasteiger partial charge is 0.378 e. The van der Waals surface area contributed by atoms with Gasteiger partial charge in [-0.15, -0.1) is 0 Å². The summed E-state index contributed by atoms with van der Waals surface area (Å²) in [5.74, 6) is -0.266. The van der Waals surface area contributed by atoms with Gasteiger partial charge in [0.25, 0.3) is 0 Å². The van der Waals surface area contributed by atoms with E-state index < -0.39 is 10.7 Å². The van der Waals surface area contributed by atoms with Gasteiger partial charge in [0.2, 0.25) is 11.8 Å². The zero-order chi connectivity index (χ0) is 20.3. The Kier molecular flexibility index (Phi) is 6.25. The molecule has 1 heterocycles. The Morgan fingerprint density at radius 1 is 1.29 bits per heavy atom. The highest BCUT2D eigenvalue weighted by molar-refractivity contribution is 6.30. The molecule has 0 amide bonds. The molecule has 0 aliphatic heterocycles. The molecule has 1 aromatic carbocycles. The van der Waals surface area contributed by atoms with Gasteiger partial charge in [-0.25, -0.2) is 9.37 Å². The topological polar surface area (TPSA) is 133 Å². The zero-order valence-electron chi connectivity index (χ0n) is 15.2. The fourth-order valence-corrected chi connectivity index (χ4v) is 3.65. The number of hydrogen-bond donors (Lipinski definition) is 3. The number of nitrogen functional groups attached to an aromatic ring is 1. The predicted octanol–water partition coefficient (Wildman–Crippen LogP) is 3.43. The Balaban J connectivity index is 1.81. The molecule has 1 fully saturated rings. The molecule has 1 saturated carbocycles. The van der Waals surface area contributed by atoms with Crippen LogP contribution in [0.5, 0.6) is 0 Å². The van der Waals surface area contributed by atoms with Crippen molar-refractivity contribution in [2.24, 2.45) is 11.7 Å². The highest BCUT2D eigenvalue weighted by Gasteiger charge is 2.27. The van der Waals surface area contributed by atoms with Crippen molar-refractivity contribution in [1.29, 1.82) is 0 Å². The second-order valence-electron chi connectivity index (χ2n) is 7.06. The molecule has 0 spiro atoms. The summed E-state index contributed by atoms with van der Waals surface area (Å²) in [7, 11) is 0. The summed E-state index contributed by atoms with van der Waals surface area (Å²) in [4.78, 5) is 19.2. The van der Waals surface area contributed by atoms with E-state index in [9.17, 15) is 14.5 Å². The number of rotatable bonds is 6. The minimum Gasteiger partial charge on any atom is -0.378 e. The lowest BCUT2D eigenvalue weighted by Crippen LogP contribution is -2.27. The van der Waals surface area contributed by atoms with Crippen molar-refractivity contribution < 1.29 is 9.31 Å². The molecule has 1 aliphatic carbocycles. The van der Waals surface area contributed by atoms with Gasteiger partial charge >= 0.3 is 5.69 Å². The van der Waals surface area contributed by atoms with Gasteiger partial charge < -0.3 is 16.8 Å². The zero-order valence-corrected chi connectivity index (χ0v) is 16.0. The van der Waals surface area contributed by atoms with E-state index in [1.54, 1.807) is 0 Å². The number of nitrogens with zero attached hydrogens (tertiary/aromatic N) is 3. The minimum absolute atomic E-state index is 0.0708. The van der Waals surface area contributed by atoms with Gasteiger partial charge in [-0.05, 0) is 56.2 Å². The van der Waals surface area contributed by atoms with E-state index in [2.05, 4.69) is 15.3 Å². The van der Waals surface area contributed by atoms with Crippen LogP contribution >= 0.6 is 11.6 Å². The lowest BCUT2D eigenvalue weighted by Gasteiger charge is -2.25. The normalized spacial score (nSPS) is 19.4. The maximum absolute atomic E-state index is 13.9. The number of nitrogens with one attached hydrogen (secondary N) is 1. The van der Waals surface area contributed by atoms with Crippen molar-refractivity contribution in [1.82, 2.24) is 9.97 Å². The first-order chi connectivity index (χ1) is 13.3. The van der Waals surface area contributed by atoms with Crippen LogP contribution in [0.4, 0.5) is 21.8 Å². The van der Waals surface area contributed by atoms with Gasteiger partial charge in [-0.1, -0.05) is 11.6 Å². The third-order valence-corrected chi connectivity index (χ3v) is 5.22. The van der Waals surface area contributed by atoms with Crippen LogP contribution < -0.4 is 16.8 Å².